The molecule has 0 bridgehead atoms. The van der Waals surface area contributed by atoms with Crippen molar-refractivity contribution in [2.45, 2.75) is 18.3 Å². The lowest BCUT2D eigenvalue weighted by molar-refractivity contribution is 0.599. The average Bonchev–Trinajstić information content (AvgIpc) is 2.88. The van der Waals surface area contributed by atoms with E-state index in [9.17, 15) is 0 Å². The van der Waals surface area contributed by atoms with Crippen molar-refractivity contribution < 1.29 is 0 Å². The molecule has 0 radical (unpaired) electrons. The van der Waals surface area contributed by atoms with Crippen molar-refractivity contribution >= 4 is 15.9 Å². The molecule has 7 heteroatoms. The second kappa shape index (κ2) is 3.87. The molecular weight excluding hydrogens is 248 g/mol. The van der Waals surface area contributed by atoms with Crippen molar-refractivity contribution in [1.29, 1.82) is 0 Å². The van der Waals surface area contributed by atoms with Crippen LogP contribution in [0.5, 0.6) is 0 Å². The molecule has 1 unspecified atom stereocenters. The number of imidazole rings is 1. The Balaban J connectivity index is 2.23. The fourth-order valence-corrected chi connectivity index (χ4v) is 1.43. The molecule has 0 aliphatic rings. The molecule has 6 nitrogen and oxygen atoms in total. The predicted octanol–water partition coefficient (Wildman–Crippen LogP) is 0.900. The van der Waals surface area contributed by atoms with Crippen LogP contribution < -0.4 is 0 Å². The molecule has 74 valence electrons. The third kappa shape index (κ3) is 1.67. The van der Waals surface area contributed by atoms with E-state index in [4.69, 9.17) is 0 Å². The Morgan fingerprint density at radius 3 is 3.07 bits per heavy atom. The second-order valence-electron chi connectivity index (χ2n) is 2.89. The van der Waals surface area contributed by atoms with Gasteiger partial charge in [-0.1, -0.05) is 21.1 Å². The summed E-state index contributed by atoms with van der Waals surface area (Å²) in [7, 11) is 0. The fraction of sp³-hybridized carbons (Fsp3) is 0.429. The van der Waals surface area contributed by atoms with Crippen LogP contribution in [0.3, 0.4) is 0 Å². The van der Waals surface area contributed by atoms with Crippen molar-refractivity contribution in [2.75, 3.05) is 0 Å². The molecule has 1 atom stereocenters. The van der Waals surface area contributed by atoms with E-state index in [2.05, 4.69) is 41.5 Å². The van der Waals surface area contributed by atoms with Gasteiger partial charge in [-0.15, -0.1) is 10.2 Å². The van der Waals surface area contributed by atoms with Gasteiger partial charge in [0, 0.05) is 11.5 Å². The van der Waals surface area contributed by atoms with Gasteiger partial charge in [-0.3, -0.25) is 0 Å². The quantitative estimate of drug-likeness (QED) is 0.829. The standard InChI is InChI=1S/C7H9BrN6/c1-5(7-10-12-13-11-7)14-3-6(2-8)9-4-14/h3-5H,2H2,1H3,(H,10,11,12,13). The minimum absolute atomic E-state index is 0.0500. The first kappa shape index (κ1) is 9.32. The highest BCUT2D eigenvalue weighted by Gasteiger charge is 2.12. The van der Waals surface area contributed by atoms with E-state index >= 15 is 0 Å². The molecule has 0 amide bonds. The summed E-state index contributed by atoms with van der Waals surface area (Å²) in [5.41, 5.74) is 0.986. The minimum atomic E-state index is 0.0500. The first-order valence-corrected chi connectivity index (χ1v) is 5.25. The van der Waals surface area contributed by atoms with E-state index in [0.717, 1.165) is 11.0 Å². The number of halogens is 1. The summed E-state index contributed by atoms with van der Waals surface area (Å²) < 4.78 is 1.95. The van der Waals surface area contributed by atoms with Crippen LogP contribution in [-0.4, -0.2) is 30.2 Å². The molecule has 0 aromatic carbocycles. The monoisotopic (exact) mass is 256 g/mol. The van der Waals surface area contributed by atoms with Crippen molar-refractivity contribution in [3.63, 3.8) is 0 Å². The summed E-state index contributed by atoms with van der Waals surface area (Å²) in [4.78, 5) is 4.20. The SMILES string of the molecule is CC(c1nn[nH]n1)n1cnc(CBr)c1. The van der Waals surface area contributed by atoms with Gasteiger partial charge in [0.05, 0.1) is 18.1 Å². The smallest absolute Gasteiger partial charge is 0.196 e. The number of rotatable bonds is 3. The minimum Gasteiger partial charge on any atom is -0.327 e. The van der Waals surface area contributed by atoms with Gasteiger partial charge >= 0.3 is 0 Å². The van der Waals surface area contributed by atoms with Gasteiger partial charge in [0.2, 0.25) is 0 Å². The lowest BCUT2D eigenvalue weighted by atomic mass is 10.3. The molecular formula is C7H9BrN6. The zero-order valence-electron chi connectivity index (χ0n) is 7.55. The summed E-state index contributed by atoms with van der Waals surface area (Å²) in [6.07, 6.45) is 3.72. The molecule has 0 saturated heterocycles. The highest BCUT2D eigenvalue weighted by molar-refractivity contribution is 9.08. The van der Waals surface area contributed by atoms with Crippen LogP contribution in [0.25, 0.3) is 0 Å². The zero-order chi connectivity index (χ0) is 9.97. The normalized spacial score (nSPS) is 13.0. The van der Waals surface area contributed by atoms with E-state index in [1.807, 2.05) is 17.7 Å². The molecule has 2 aromatic heterocycles. The van der Waals surface area contributed by atoms with E-state index in [0.29, 0.717) is 5.82 Å². The Morgan fingerprint density at radius 1 is 1.64 bits per heavy atom. The van der Waals surface area contributed by atoms with Gasteiger partial charge in [-0.25, -0.2) is 4.98 Å². The second-order valence-corrected chi connectivity index (χ2v) is 3.45. The van der Waals surface area contributed by atoms with E-state index < -0.39 is 0 Å². The third-order valence-electron chi connectivity index (χ3n) is 1.97. The number of hydrogen-bond donors (Lipinski definition) is 1. The summed E-state index contributed by atoms with van der Waals surface area (Å²) in [6.45, 7) is 1.99. The van der Waals surface area contributed by atoms with Crippen LogP contribution in [0.1, 0.15) is 24.5 Å². The molecule has 1 N–H and O–H groups in total. The van der Waals surface area contributed by atoms with Crippen molar-refractivity contribution in [3.05, 3.63) is 24.0 Å². The Labute approximate surface area is 88.9 Å². The number of hydrogen-bond acceptors (Lipinski definition) is 4. The van der Waals surface area contributed by atoms with Gasteiger partial charge in [-0.05, 0) is 6.92 Å². The van der Waals surface area contributed by atoms with Crippen LogP contribution in [0.15, 0.2) is 12.5 Å². The van der Waals surface area contributed by atoms with Gasteiger partial charge in [0.25, 0.3) is 0 Å². The average molecular weight is 257 g/mol. The first-order chi connectivity index (χ1) is 6.81. The molecule has 2 heterocycles. The van der Waals surface area contributed by atoms with E-state index in [1.165, 1.54) is 0 Å². The molecule has 0 spiro atoms. The number of aromatic nitrogens is 6. The van der Waals surface area contributed by atoms with Gasteiger partial charge < -0.3 is 4.57 Å². The number of nitrogens with zero attached hydrogens (tertiary/aromatic N) is 5. The number of alkyl halides is 1. The van der Waals surface area contributed by atoms with Crippen LogP contribution in [0, 0.1) is 0 Å². The molecule has 0 aliphatic heterocycles. The summed E-state index contributed by atoms with van der Waals surface area (Å²) in [5.74, 6) is 0.656. The van der Waals surface area contributed by atoms with Crippen molar-refractivity contribution in [1.82, 2.24) is 30.2 Å². The molecule has 0 aliphatic carbocycles. The molecule has 2 aromatic rings. The Morgan fingerprint density at radius 2 is 2.50 bits per heavy atom. The maximum Gasteiger partial charge on any atom is 0.196 e. The highest BCUT2D eigenvalue weighted by Crippen LogP contribution is 2.13. The maximum absolute atomic E-state index is 4.20. The zero-order valence-corrected chi connectivity index (χ0v) is 9.14. The molecule has 0 saturated carbocycles. The number of aromatic amines is 1. The van der Waals surface area contributed by atoms with Gasteiger partial charge in [0.1, 0.15) is 0 Å². The summed E-state index contributed by atoms with van der Waals surface area (Å²) in [5, 5.41) is 14.5. The van der Waals surface area contributed by atoms with E-state index in [1.54, 1.807) is 6.33 Å². The van der Waals surface area contributed by atoms with Crippen LogP contribution in [-0.2, 0) is 5.33 Å². The van der Waals surface area contributed by atoms with Crippen molar-refractivity contribution in [2.24, 2.45) is 0 Å². The molecule has 0 fully saturated rings. The maximum atomic E-state index is 4.20. The fourth-order valence-electron chi connectivity index (χ4n) is 1.14. The molecule has 2 rings (SSSR count). The topological polar surface area (TPSA) is 72.3 Å². The Bertz CT molecular complexity index is 394. The number of nitrogens with one attached hydrogen (secondary N) is 1. The summed E-state index contributed by atoms with van der Waals surface area (Å²) in [6, 6.07) is 0.0500. The van der Waals surface area contributed by atoms with Crippen molar-refractivity contribution in [3.8, 4) is 0 Å². The molecule has 14 heavy (non-hydrogen) atoms. The number of H-pyrrole nitrogens is 1. The van der Waals surface area contributed by atoms with Gasteiger partial charge in [-0.2, -0.15) is 5.21 Å². The third-order valence-corrected chi connectivity index (χ3v) is 2.55. The van der Waals surface area contributed by atoms with Crippen LogP contribution >= 0.6 is 15.9 Å². The lowest BCUT2D eigenvalue weighted by Crippen LogP contribution is -2.06. The lowest BCUT2D eigenvalue weighted by Gasteiger charge is -2.06. The van der Waals surface area contributed by atoms with Crippen LogP contribution in [0.2, 0.25) is 0 Å². The summed E-state index contributed by atoms with van der Waals surface area (Å²) >= 11 is 3.34. The Hall–Kier alpha value is -1.24. The first-order valence-electron chi connectivity index (χ1n) is 4.13. The number of tetrazole rings is 1. The largest absolute Gasteiger partial charge is 0.327 e. The highest BCUT2D eigenvalue weighted by atomic mass is 79.9. The Kier molecular flexibility index (Phi) is 2.58. The van der Waals surface area contributed by atoms with E-state index in [-0.39, 0.29) is 6.04 Å². The van der Waals surface area contributed by atoms with Crippen LogP contribution in [0.4, 0.5) is 0 Å². The van der Waals surface area contributed by atoms with Gasteiger partial charge in [0.15, 0.2) is 5.82 Å². The predicted molar refractivity (Wildman–Crippen MR) is 52.8 cm³/mol.